The molecular formula is C15H18ClN5O. The van der Waals surface area contributed by atoms with E-state index in [1.807, 2.05) is 0 Å². The molecular weight excluding hydrogens is 302 g/mol. The van der Waals surface area contributed by atoms with Gasteiger partial charge in [-0.2, -0.15) is 4.68 Å². The zero-order chi connectivity index (χ0) is 15.5. The third kappa shape index (κ3) is 3.06. The lowest BCUT2D eigenvalue weighted by Gasteiger charge is -2.22. The average Bonchev–Trinajstić information content (AvgIpc) is 2.91. The predicted molar refractivity (Wildman–Crippen MR) is 85.1 cm³/mol. The molecule has 1 fully saturated rings. The molecule has 0 spiro atoms. The van der Waals surface area contributed by atoms with Gasteiger partial charge in [0.05, 0.1) is 5.69 Å². The van der Waals surface area contributed by atoms with E-state index in [4.69, 9.17) is 17.3 Å². The Bertz CT molecular complexity index is 661. The highest BCUT2D eigenvalue weighted by molar-refractivity contribution is 6.30. The molecule has 3 rings (SSSR count). The van der Waals surface area contributed by atoms with Crippen molar-refractivity contribution in [3.63, 3.8) is 0 Å². The van der Waals surface area contributed by atoms with Gasteiger partial charge in [0.15, 0.2) is 11.5 Å². The summed E-state index contributed by atoms with van der Waals surface area (Å²) < 4.78 is 1.44. The number of benzene rings is 1. The van der Waals surface area contributed by atoms with Crippen LogP contribution in [-0.4, -0.2) is 26.9 Å². The first-order valence-electron chi connectivity index (χ1n) is 7.43. The summed E-state index contributed by atoms with van der Waals surface area (Å²) in [5.41, 5.74) is 6.90. The van der Waals surface area contributed by atoms with Crippen LogP contribution in [0.5, 0.6) is 0 Å². The van der Waals surface area contributed by atoms with E-state index >= 15 is 0 Å². The fraction of sp³-hybridized carbons (Fsp3) is 0.400. The summed E-state index contributed by atoms with van der Waals surface area (Å²) in [6.07, 6.45) is 5.56. The number of hydrogen-bond acceptors (Lipinski definition) is 4. The molecule has 0 unspecified atom stereocenters. The van der Waals surface area contributed by atoms with Crippen LogP contribution in [0.2, 0.25) is 5.02 Å². The minimum Gasteiger partial charge on any atom is -0.382 e. The lowest BCUT2D eigenvalue weighted by Crippen LogP contribution is -2.36. The van der Waals surface area contributed by atoms with Crippen LogP contribution in [0.1, 0.15) is 42.6 Å². The maximum atomic E-state index is 12.3. The van der Waals surface area contributed by atoms with Crippen LogP contribution in [0.25, 0.3) is 5.69 Å². The molecule has 0 saturated heterocycles. The maximum Gasteiger partial charge on any atom is 0.275 e. The second-order valence-corrected chi connectivity index (χ2v) is 5.96. The highest BCUT2D eigenvalue weighted by atomic mass is 35.5. The fourth-order valence-corrected chi connectivity index (χ4v) is 2.85. The number of halogens is 1. The molecule has 6 nitrogen and oxygen atoms in total. The van der Waals surface area contributed by atoms with Gasteiger partial charge in [0.1, 0.15) is 0 Å². The van der Waals surface area contributed by atoms with Gasteiger partial charge in [-0.1, -0.05) is 36.1 Å². The fourth-order valence-electron chi connectivity index (χ4n) is 2.72. The number of nitrogens with zero attached hydrogens (tertiary/aromatic N) is 3. The van der Waals surface area contributed by atoms with Crippen LogP contribution < -0.4 is 11.1 Å². The number of anilines is 1. The highest BCUT2D eigenvalue weighted by Gasteiger charge is 2.22. The van der Waals surface area contributed by atoms with Gasteiger partial charge >= 0.3 is 0 Å². The number of aromatic nitrogens is 3. The van der Waals surface area contributed by atoms with E-state index in [1.165, 1.54) is 11.1 Å². The van der Waals surface area contributed by atoms with Gasteiger partial charge in [0, 0.05) is 11.1 Å². The minimum atomic E-state index is -0.260. The Labute approximate surface area is 133 Å². The van der Waals surface area contributed by atoms with E-state index in [-0.39, 0.29) is 23.5 Å². The van der Waals surface area contributed by atoms with Crippen molar-refractivity contribution >= 4 is 23.3 Å². The molecule has 1 aliphatic carbocycles. The Morgan fingerprint density at radius 2 is 1.91 bits per heavy atom. The zero-order valence-corrected chi connectivity index (χ0v) is 12.9. The van der Waals surface area contributed by atoms with E-state index in [0.717, 1.165) is 25.7 Å². The molecule has 1 amide bonds. The molecule has 3 N–H and O–H groups in total. The van der Waals surface area contributed by atoms with Crippen molar-refractivity contribution in [2.24, 2.45) is 0 Å². The Hall–Kier alpha value is -2.08. The third-order valence-electron chi connectivity index (χ3n) is 3.93. The van der Waals surface area contributed by atoms with E-state index in [9.17, 15) is 4.79 Å². The van der Waals surface area contributed by atoms with E-state index in [1.54, 1.807) is 24.3 Å². The second-order valence-electron chi connectivity index (χ2n) is 5.52. The number of carbonyl (C=O) groups is 1. The van der Waals surface area contributed by atoms with E-state index < -0.39 is 0 Å². The molecule has 1 aromatic carbocycles. The molecule has 116 valence electrons. The van der Waals surface area contributed by atoms with Gasteiger partial charge < -0.3 is 11.1 Å². The average molecular weight is 320 g/mol. The van der Waals surface area contributed by atoms with Gasteiger partial charge in [0.2, 0.25) is 0 Å². The lowest BCUT2D eigenvalue weighted by molar-refractivity contribution is 0.0923. The zero-order valence-electron chi connectivity index (χ0n) is 12.1. The molecule has 0 atom stereocenters. The first-order chi connectivity index (χ1) is 10.6. The van der Waals surface area contributed by atoms with Gasteiger partial charge in [0.25, 0.3) is 5.91 Å². The molecule has 2 aromatic rings. The summed E-state index contributed by atoms with van der Waals surface area (Å²) in [4.78, 5) is 12.3. The number of carbonyl (C=O) groups excluding carboxylic acids is 1. The smallest absolute Gasteiger partial charge is 0.275 e. The van der Waals surface area contributed by atoms with Crippen molar-refractivity contribution in [1.29, 1.82) is 0 Å². The number of nitrogen functional groups attached to an aromatic ring is 1. The van der Waals surface area contributed by atoms with Gasteiger partial charge in [-0.15, -0.1) is 5.10 Å². The van der Waals surface area contributed by atoms with Crippen molar-refractivity contribution in [2.75, 3.05) is 5.73 Å². The number of nitrogens with two attached hydrogens (primary N) is 1. The second kappa shape index (κ2) is 6.36. The van der Waals surface area contributed by atoms with Crippen LogP contribution in [0.3, 0.4) is 0 Å². The van der Waals surface area contributed by atoms with Gasteiger partial charge in [-0.05, 0) is 37.1 Å². The van der Waals surface area contributed by atoms with E-state index in [2.05, 4.69) is 15.6 Å². The number of nitrogens with one attached hydrogen (secondary N) is 1. The van der Waals surface area contributed by atoms with Crippen molar-refractivity contribution in [1.82, 2.24) is 20.3 Å². The quantitative estimate of drug-likeness (QED) is 0.910. The third-order valence-corrected chi connectivity index (χ3v) is 4.18. The first kappa shape index (κ1) is 14.8. The summed E-state index contributed by atoms with van der Waals surface area (Å²) in [5, 5.41) is 11.5. The molecule has 1 saturated carbocycles. The van der Waals surface area contributed by atoms with Crippen LogP contribution in [-0.2, 0) is 0 Å². The highest BCUT2D eigenvalue weighted by Crippen LogP contribution is 2.20. The molecule has 0 aliphatic heterocycles. The maximum absolute atomic E-state index is 12.3. The topological polar surface area (TPSA) is 85.8 Å². The van der Waals surface area contributed by atoms with Crippen LogP contribution in [0, 0.1) is 0 Å². The Morgan fingerprint density at radius 3 is 2.59 bits per heavy atom. The number of rotatable bonds is 3. The van der Waals surface area contributed by atoms with Crippen LogP contribution in [0.4, 0.5) is 5.82 Å². The molecule has 22 heavy (non-hydrogen) atoms. The van der Waals surface area contributed by atoms with Gasteiger partial charge in [-0.3, -0.25) is 4.79 Å². The lowest BCUT2D eigenvalue weighted by atomic mass is 9.95. The number of amides is 1. The van der Waals surface area contributed by atoms with Gasteiger partial charge in [-0.25, -0.2) is 0 Å². The monoisotopic (exact) mass is 319 g/mol. The van der Waals surface area contributed by atoms with Crippen LogP contribution >= 0.6 is 11.6 Å². The Kier molecular flexibility index (Phi) is 4.29. The molecule has 0 radical (unpaired) electrons. The Morgan fingerprint density at radius 1 is 1.23 bits per heavy atom. The summed E-state index contributed by atoms with van der Waals surface area (Å²) in [7, 11) is 0. The predicted octanol–water partition coefficient (Wildman–Crippen LogP) is 2.57. The SMILES string of the molecule is Nc1c(C(=O)NC2CCCCC2)nnn1-c1ccc(Cl)cc1. The summed E-state index contributed by atoms with van der Waals surface area (Å²) in [5.74, 6) is -0.0276. The molecule has 1 heterocycles. The molecule has 1 aromatic heterocycles. The molecule has 0 bridgehead atoms. The largest absolute Gasteiger partial charge is 0.382 e. The standard InChI is InChI=1S/C15H18ClN5O/c16-10-6-8-12(9-7-10)21-14(17)13(19-20-21)15(22)18-11-4-2-1-3-5-11/h6-9,11H,1-5,17H2,(H,18,22). The Balaban J connectivity index is 1.77. The number of hydrogen-bond donors (Lipinski definition) is 2. The van der Waals surface area contributed by atoms with Crippen molar-refractivity contribution in [2.45, 2.75) is 38.1 Å². The summed E-state index contributed by atoms with van der Waals surface area (Å²) in [6, 6.07) is 7.23. The first-order valence-corrected chi connectivity index (χ1v) is 7.81. The normalized spacial score (nSPS) is 15.7. The molecule has 7 heteroatoms. The molecule has 1 aliphatic rings. The summed E-state index contributed by atoms with van der Waals surface area (Å²) in [6.45, 7) is 0. The van der Waals surface area contributed by atoms with Crippen molar-refractivity contribution < 1.29 is 4.79 Å². The minimum absolute atomic E-state index is 0.167. The summed E-state index contributed by atoms with van der Waals surface area (Å²) >= 11 is 5.86. The van der Waals surface area contributed by atoms with Crippen molar-refractivity contribution in [3.05, 3.63) is 35.0 Å². The van der Waals surface area contributed by atoms with Crippen molar-refractivity contribution in [3.8, 4) is 5.69 Å². The van der Waals surface area contributed by atoms with Crippen LogP contribution in [0.15, 0.2) is 24.3 Å². The van der Waals surface area contributed by atoms with E-state index in [0.29, 0.717) is 10.7 Å².